The van der Waals surface area contributed by atoms with E-state index in [1.54, 1.807) is 0 Å². The molecular weight excluding hydrogens is 164 g/mol. The first kappa shape index (κ1) is 7.31. The molecule has 0 saturated carbocycles. The summed E-state index contributed by atoms with van der Waals surface area (Å²) < 4.78 is 21.2. The Bertz CT molecular complexity index is 182. The number of alkyl halides is 1. The van der Waals surface area contributed by atoms with Crippen LogP contribution in [0.4, 0.5) is 0 Å². The van der Waals surface area contributed by atoms with Crippen molar-refractivity contribution in [2.75, 3.05) is 11.5 Å². The summed E-state index contributed by atoms with van der Waals surface area (Å²) in [5, 5.41) is 8.22. The SMILES string of the molecule is O=S1(=O)C[C@H](O)[C@@H](Cl)C1. The van der Waals surface area contributed by atoms with Crippen LogP contribution in [-0.4, -0.2) is 36.5 Å². The molecule has 0 aromatic rings. The van der Waals surface area contributed by atoms with Crippen LogP contribution in [0.5, 0.6) is 0 Å². The van der Waals surface area contributed by atoms with Gasteiger partial charge in [0.05, 0.1) is 23.0 Å². The number of rotatable bonds is 0. The minimum Gasteiger partial charge on any atom is -0.390 e. The third-order valence-corrected chi connectivity index (χ3v) is 3.60. The summed E-state index contributed by atoms with van der Waals surface area (Å²) in [6.45, 7) is 0. The van der Waals surface area contributed by atoms with Crippen LogP contribution in [-0.2, 0) is 9.84 Å². The lowest BCUT2D eigenvalue weighted by Crippen LogP contribution is -2.16. The van der Waals surface area contributed by atoms with Gasteiger partial charge in [0.1, 0.15) is 0 Å². The van der Waals surface area contributed by atoms with Gasteiger partial charge in [0, 0.05) is 0 Å². The van der Waals surface area contributed by atoms with E-state index in [2.05, 4.69) is 0 Å². The Balaban J connectivity index is 2.77. The first-order valence-corrected chi connectivity index (χ1v) is 4.79. The topological polar surface area (TPSA) is 54.4 Å². The number of sulfone groups is 1. The minimum absolute atomic E-state index is 0.0876. The summed E-state index contributed by atoms with van der Waals surface area (Å²) in [4.78, 5) is 0. The van der Waals surface area contributed by atoms with Gasteiger partial charge in [-0.15, -0.1) is 11.6 Å². The van der Waals surface area contributed by atoms with Crippen molar-refractivity contribution in [2.45, 2.75) is 11.5 Å². The van der Waals surface area contributed by atoms with Crippen LogP contribution in [0.2, 0.25) is 0 Å². The Hall–Kier alpha value is 0.200. The predicted octanol–water partition coefficient (Wildman–Crippen LogP) is -0.617. The summed E-state index contributed by atoms with van der Waals surface area (Å²) >= 11 is 5.42. The van der Waals surface area contributed by atoms with Crippen molar-refractivity contribution in [1.29, 1.82) is 0 Å². The van der Waals surface area contributed by atoms with E-state index in [0.29, 0.717) is 0 Å². The van der Waals surface area contributed by atoms with E-state index in [9.17, 15) is 8.42 Å². The van der Waals surface area contributed by atoms with Gasteiger partial charge in [-0.2, -0.15) is 0 Å². The molecule has 5 heteroatoms. The molecule has 1 rings (SSSR count). The fraction of sp³-hybridized carbons (Fsp3) is 1.00. The lowest BCUT2D eigenvalue weighted by atomic mass is 10.3. The van der Waals surface area contributed by atoms with Gasteiger partial charge in [0.15, 0.2) is 9.84 Å². The first-order valence-electron chi connectivity index (χ1n) is 2.54. The second-order valence-corrected chi connectivity index (χ2v) is 4.87. The highest BCUT2D eigenvalue weighted by Gasteiger charge is 2.34. The molecule has 0 aromatic carbocycles. The summed E-state index contributed by atoms with van der Waals surface area (Å²) in [7, 11) is -3.03. The zero-order chi connectivity index (χ0) is 7.07. The molecule has 0 amide bonds. The summed E-state index contributed by atoms with van der Waals surface area (Å²) in [6.07, 6.45) is -0.864. The lowest BCUT2D eigenvalue weighted by Gasteiger charge is -1.99. The number of hydrogen-bond donors (Lipinski definition) is 1. The molecule has 1 heterocycles. The summed E-state index contributed by atoms with van der Waals surface area (Å²) in [6, 6.07) is 0. The van der Waals surface area contributed by atoms with E-state index in [-0.39, 0.29) is 11.5 Å². The highest BCUT2D eigenvalue weighted by Crippen LogP contribution is 2.16. The van der Waals surface area contributed by atoms with E-state index in [0.717, 1.165) is 0 Å². The molecule has 0 radical (unpaired) electrons. The van der Waals surface area contributed by atoms with Crippen molar-refractivity contribution in [3.05, 3.63) is 0 Å². The molecule has 2 atom stereocenters. The van der Waals surface area contributed by atoms with Gasteiger partial charge < -0.3 is 5.11 Å². The van der Waals surface area contributed by atoms with Gasteiger partial charge in [-0.1, -0.05) is 0 Å². The number of hydrogen-bond acceptors (Lipinski definition) is 3. The quantitative estimate of drug-likeness (QED) is 0.494. The maximum atomic E-state index is 10.6. The third-order valence-electron chi connectivity index (χ3n) is 1.26. The highest BCUT2D eigenvalue weighted by molar-refractivity contribution is 7.91. The number of aliphatic hydroxyl groups excluding tert-OH is 1. The fourth-order valence-electron chi connectivity index (χ4n) is 0.786. The zero-order valence-corrected chi connectivity index (χ0v) is 6.19. The summed E-state index contributed by atoms with van der Waals surface area (Å²) in [5.41, 5.74) is 0. The average molecular weight is 171 g/mol. The Morgan fingerprint density at radius 2 is 2.00 bits per heavy atom. The van der Waals surface area contributed by atoms with Gasteiger partial charge in [0.25, 0.3) is 0 Å². The van der Waals surface area contributed by atoms with Crippen LogP contribution in [0.25, 0.3) is 0 Å². The second-order valence-electron chi connectivity index (χ2n) is 2.16. The highest BCUT2D eigenvalue weighted by atomic mass is 35.5. The second kappa shape index (κ2) is 2.11. The Kier molecular flexibility index (Phi) is 1.71. The molecular formula is C4H7ClO3S. The van der Waals surface area contributed by atoms with Crippen LogP contribution in [0.15, 0.2) is 0 Å². The molecule has 0 aliphatic carbocycles. The fourth-order valence-corrected chi connectivity index (χ4v) is 3.15. The van der Waals surface area contributed by atoms with Gasteiger partial charge in [0.2, 0.25) is 0 Å². The molecule has 1 N–H and O–H groups in total. The molecule has 0 spiro atoms. The molecule has 54 valence electrons. The smallest absolute Gasteiger partial charge is 0.154 e. The Labute approximate surface area is 58.6 Å². The first-order chi connectivity index (χ1) is 4.01. The largest absolute Gasteiger partial charge is 0.390 e. The van der Waals surface area contributed by atoms with Crippen LogP contribution < -0.4 is 0 Å². The molecule has 1 fully saturated rings. The van der Waals surface area contributed by atoms with Gasteiger partial charge in [-0.25, -0.2) is 8.42 Å². The number of aliphatic hydroxyl groups is 1. The van der Waals surface area contributed by atoms with Crippen LogP contribution in [0.3, 0.4) is 0 Å². The average Bonchev–Trinajstić information content (AvgIpc) is 1.79. The van der Waals surface area contributed by atoms with Crippen LogP contribution >= 0.6 is 11.6 Å². The van der Waals surface area contributed by atoms with Crippen LogP contribution in [0, 0.1) is 0 Å². The van der Waals surface area contributed by atoms with E-state index in [1.165, 1.54) is 0 Å². The molecule has 1 saturated heterocycles. The maximum absolute atomic E-state index is 10.6. The Morgan fingerprint density at radius 3 is 2.11 bits per heavy atom. The zero-order valence-electron chi connectivity index (χ0n) is 4.62. The predicted molar refractivity (Wildman–Crippen MR) is 34.3 cm³/mol. The van der Waals surface area contributed by atoms with Crippen molar-refractivity contribution >= 4 is 21.4 Å². The molecule has 0 unspecified atom stereocenters. The molecule has 0 bridgehead atoms. The van der Waals surface area contributed by atoms with Gasteiger partial charge in [-0.05, 0) is 0 Å². The van der Waals surface area contributed by atoms with Crippen molar-refractivity contribution < 1.29 is 13.5 Å². The molecule has 0 aromatic heterocycles. The normalized spacial score (nSPS) is 41.1. The standard InChI is InChI=1S/C4H7ClO3S/c5-3-1-9(7,8)2-4(3)6/h3-4,6H,1-2H2/t3-,4-/m0/s1. The molecule has 3 nitrogen and oxygen atoms in total. The number of halogens is 1. The summed E-state index contributed by atoms with van der Waals surface area (Å²) in [5.74, 6) is -0.267. The van der Waals surface area contributed by atoms with Gasteiger partial charge >= 0.3 is 0 Å². The van der Waals surface area contributed by atoms with Crippen molar-refractivity contribution in [1.82, 2.24) is 0 Å². The monoisotopic (exact) mass is 170 g/mol. The van der Waals surface area contributed by atoms with Crippen LogP contribution in [0.1, 0.15) is 0 Å². The molecule has 1 aliphatic heterocycles. The van der Waals surface area contributed by atoms with Crippen molar-refractivity contribution in [2.24, 2.45) is 0 Å². The molecule has 1 aliphatic rings. The Morgan fingerprint density at radius 1 is 1.44 bits per heavy atom. The van der Waals surface area contributed by atoms with Crippen molar-refractivity contribution in [3.8, 4) is 0 Å². The minimum atomic E-state index is -3.03. The van der Waals surface area contributed by atoms with Crippen molar-refractivity contribution in [3.63, 3.8) is 0 Å². The van der Waals surface area contributed by atoms with Gasteiger partial charge in [-0.3, -0.25) is 0 Å². The van der Waals surface area contributed by atoms with E-state index in [1.807, 2.05) is 0 Å². The molecule has 9 heavy (non-hydrogen) atoms. The van der Waals surface area contributed by atoms with E-state index >= 15 is 0 Å². The maximum Gasteiger partial charge on any atom is 0.154 e. The van der Waals surface area contributed by atoms with E-state index in [4.69, 9.17) is 16.7 Å². The lowest BCUT2D eigenvalue weighted by molar-refractivity contribution is 0.205. The third kappa shape index (κ3) is 1.56. The van der Waals surface area contributed by atoms with E-state index < -0.39 is 21.3 Å².